The van der Waals surface area contributed by atoms with Crippen LogP contribution in [0.3, 0.4) is 0 Å². The fourth-order valence-electron chi connectivity index (χ4n) is 2.59. The molecule has 1 heteroatoms. The number of fused-ring (bicyclic) bond motifs is 1. The van der Waals surface area contributed by atoms with Crippen LogP contribution in [0.25, 0.3) is 0 Å². The Morgan fingerprint density at radius 2 is 1.70 bits per heavy atom. The molecule has 0 aromatic carbocycles. The molecule has 3 atom stereocenters. The maximum Gasteiger partial charge on any atom is 0.00966 e. The van der Waals surface area contributed by atoms with E-state index in [1.54, 1.807) is 0 Å². The van der Waals surface area contributed by atoms with Crippen molar-refractivity contribution >= 4 is 0 Å². The van der Waals surface area contributed by atoms with E-state index < -0.39 is 0 Å². The Morgan fingerprint density at radius 1 is 1.10 bits per heavy atom. The molecule has 1 heterocycles. The van der Waals surface area contributed by atoms with Crippen molar-refractivity contribution in [3.8, 4) is 0 Å². The van der Waals surface area contributed by atoms with Crippen molar-refractivity contribution in [3.63, 3.8) is 0 Å². The molecule has 0 radical (unpaired) electrons. The van der Waals surface area contributed by atoms with E-state index in [4.69, 9.17) is 0 Å². The number of hydrogen-bond acceptors (Lipinski definition) is 1. The lowest BCUT2D eigenvalue weighted by Gasteiger charge is -2.16. The number of hydrogen-bond donors (Lipinski definition) is 0. The molecule has 1 aliphatic heterocycles. The molecule has 1 saturated heterocycles. The van der Waals surface area contributed by atoms with Crippen LogP contribution >= 0.6 is 0 Å². The predicted octanol–water partition coefficient (Wildman–Crippen LogP) is 1.35. The van der Waals surface area contributed by atoms with Crippen LogP contribution in [0, 0.1) is 17.8 Å². The second kappa shape index (κ2) is 1.58. The highest BCUT2D eigenvalue weighted by molar-refractivity contribution is 5.05. The minimum Gasteiger partial charge on any atom is -0.300 e. The summed E-state index contributed by atoms with van der Waals surface area (Å²) in [6.45, 7) is 5.30. The van der Waals surface area contributed by atoms with Crippen molar-refractivity contribution in [1.82, 2.24) is 4.90 Å². The van der Waals surface area contributed by atoms with Crippen LogP contribution in [0.1, 0.15) is 19.8 Å². The summed E-state index contributed by atoms with van der Waals surface area (Å²) < 4.78 is 0. The zero-order valence-corrected chi connectivity index (χ0v) is 6.59. The van der Waals surface area contributed by atoms with Gasteiger partial charge in [0.05, 0.1) is 0 Å². The number of nitrogens with zero attached hydrogens (tertiary/aromatic N) is 1. The third-order valence-corrected chi connectivity index (χ3v) is 3.71. The van der Waals surface area contributed by atoms with Gasteiger partial charge in [0.2, 0.25) is 0 Å². The van der Waals surface area contributed by atoms with Crippen molar-refractivity contribution in [2.75, 3.05) is 13.1 Å². The first-order chi connectivity index (χ1) is 4.86. The molecule has 1 nitrogen and oxygen atoms in total. The Hall–Kier alpha value is -0.0400. The summed E-state index contributed by atoms with van der Waals surface area (Å²) >= 11 is 0. The highest BCUT2D eigenvalue weighted by Crippen LogP contribution is 2.53. The minimum atomic E-state index is 1.03. The van der Waals surface area contributed by atoms with E-state index >= 15 is 0 Å². The summed E-state index contributed by atoms with van der Waals surface area (Å²) in [6, 6.07) is 1.03. The fourth-order valence-corrected chi connectivity index (χ4v) is 2.59. The van der Waals surface area contributed by atoms with Crippen LogP contribution in [-0.2, 0) is 0 Å². The molecule has 10 heavy (non-hydrogen) atoms. The van der Waals surface area contributed by atoms with Crippen LogP contribution in [-0.4, -0.2) is 24.0 Å². The van der Waals surface area contributed by atoms with Crippen molar-refractivity contribution in [3.05, 3.63) is 0 Å². The zero-order valence-electron chi connectivity index (χ0n) is 6.59. The van der Waals surface area contributed by atoms with Gasteiger partial charge in [0.15, 0.2) is 0 Å². The van der Waals surface area contributed by atoms with E-state index in [1.165, 1.54) is 25.9 Å². The van der Waals surface area contributed by atoms with Crippen LogP contribution in [0.2, 0.25) is 0 Å². The normalized spacial score (nSPS) is 53.1. The minimum absolute atomic E-state index is 1.03. The molecule has 2 aliphatic carbocycles. The van der Waals surface area contributed by atoms with Gasteiger partial charge < -0.3 is 0 Å². The van der Waals surface area contributed by atoms with E-state index in [-0.39, 0.29) is 0 Å². The van der Waals surface area contributed by atoms with Crippen LogP contribution in [0.4, 0.5) is 0 Å². The molecule has 56 valence electrons. The number of likely N-dealkylation sites (tertiary alicyclic amines) is 1. The standard InChI is InChI=1S/C9H15N/c1-6-8-4-10(5-9(6)8)7-2-3-7/h6-9H,2-5H2,1H3/t6-,8-,9+. The van der Waals surface area contributed by atoms with Crippen molar-refractivity contribution < 1.29 is 0 Å². The molecular weight excluding hydrogens is 122 g/mol. The van der Waals surface area contributed by atoms with Gasteiger partial charge in [-0.2, -0.15) is 0 Å². The summed E-state index contributed by atoms with van der Waals surface area (Å²) in [7, 11) is 0. The second-order valence-corrected chi connectivity index (χ2v) is 4.37. The monoisotopic (exact) mass is 137 g/mol. The van der Waals surface area contributed by atoms with Gasteiger partial charge in [-0.3, -0.25) is 4.90 Å². The van der Waals surface area contributed by atoms with E-state index in [9.17, 15) is 0 Å². The fraction of sp³-hybridized carbons (Fsp3) is 1.00. The lowest BCUT2D eigenvalue weighted by Crippen LogP contribution is -2.26. The first-order valence-corrected chi connectivity index (χ1v) is 4.60. The SMILES string of the molecule is C[C@@H]1[C@H]2CN(C3CC3)C[C@@H]12. The molecule has 0 aromatic heterocycles. The Bertz CT molecular complexity index is 150. The lowest BCUT2D eigenvalue weighted by molar-refractivity contribution is 0.279. The maximum absolute atomic E-state index is 2.72. The average molecular weight is 137 g/mol. The Labute approximate surface area is 62.4 Å². The average Bonchev–Trinajstić information content (AvgIpc) is 2.79. The zero-order chi connectivity index (χ0) is 6.72. The number of rotatable bonds is 1. The van der Waals surface area contributed by atoms with Crippen molar-refractivity contribution in [1.29, 1.82) is 0 Å². The molecule has 3 fully saturated rings. The third kappa shape index (κ3) is 0.619. The molecule has 0 N–H and O–H groups in total. The van der Waals surface area contributed by atoms with Crippen LogP contribution < -0.4 is 0 Å². The summed E-state index contributed by atoms with van der Waals surface area (Å²) in [4.78, 5) is 2.72. The smallest absolute Gasteiger partial charge is 0.00966 e. The molecule has 3 aliphatic rings. The molecule has 0 amide bonds. The van der Waals surface area contributed by atoms with Crippen molar-refractivity contribution in [2.45, 2.75) is 25.8 Å². The van der Waals surface area contributed by atoms with Gasteiger partial charge in [0, 0.05) is 19.1 Å². The summed E-state index contributed by atoms with van der Waals surface area (Å²) in [5.74, 6) is 3.30. The summed E-state index contributed by atoms with van der Waals surface area (Å²) in [5, 5.41) is 0. The number of piperidine rings is 1. The highest BCUT2D eigenvalue weighted by atomic mass is 15.2. The van der Waals surface area contributed by atoms with E-state index in [0.717, 1.165) is 23.8 Å². The predicted molar refractivity (Wildman–Crippen MR) is 40.7 cm³/mol. The first kappa shape index (κ1) is 5.59. The van der Waals surface area contributed by atoms with Gasteiger partial charge in [0.25, 0.3) is 0 Å². The van der Waals surface area contributed by atoms with Gasteiger partial charge >= 0.3 is 0 Å². The maximum atomic E-state index is 2.72. The van der Waals surface area contributed by atoms with Gasteiger partial charge in [-0.1, -0.05) is 6.92 Å². The lowest BCUT2D eigenvalue weighted by atomic mass is 10.3. The Morgan fingerprint density at radius 3 is 2.20 bits per heavy atom. The quantitative estimate of drug-likeness (QED) is 0.527. The molecule has 2 saturated carbocycles. The largest absolute Gasteiger partial charge is 0.300 e. The van der Waals surface area contributed by atoms with E-state index in [0.29, 0.717) is 0 Å². The highest BCUT2D eigenvalue weighted by Gasteiger charge is 2.54. The summed E-state index contributed by atoms with van der Waals surface area (Å²) in [5.41, 5.74) is 0. The van der Waals surface area contributed by atoms with Crippen molar-refractivity contribution in [2.24, 2.45) is 17.8 Å². The van der Waals surface area contributed by atoms with E-state index in [2.05, 4.69) is 11.8 Å². The molecule has 0 bridgehead atoms. The molecule has 0 unspecified atom stereocenters. The van der Waals surface area contributed by atoms with Gasteiger partial charge in [-0.15, -0.1) is 0 Å². The topological polar surface area (TPSA) is 3.24 Å². The van der Waals surface area contributed by atoms with E-state index in [1.807, 2.05) is 0 Å². The van der Waals surface area contributed by atoms with Gasteiger partial charge in [-0.05, 0) is 30.6 Å². The second-order valence-electron chi connectivity index (χ2n) is 4.37. The van der Waals surface area contributed by atoms with Gasteiger partial charge in [0.1, 0.15) is 0 Å². The molecule has 0 spiro atoms. The summed E-state index contributed by atoms with van der Waals surface area (Å²) in [6.07, 6.45) is 2.99. The van der Waals surface area contributed by atoms with Crippen LogP contribution in [0.15, 0.2) is 0 Å². The van der Waals surface area contributed by atoms with Crippen LogP contribution in [0.5, 0.6) is 0 Å². The molecular formula is C9H15N. The van der Waals surface area contributed by atoms with Gasteiger partial charge in [-0.25, -0.2) is 0 Å². The third-order valence-electron chi connectivity index (χ3n) is 3.71. The Balaban J connectivity index is 1.66. The Kier molecular flexibility index (Phi) is 0.883. The first-order valence-electron chi connectivity index (χ1n) is 4.60. The molecule has 3 rings (SSSR count). The molecule has 0 aromatic rings.